The van der Waals surface area contributed by atoms with E-state index in [-0.39, 0.29) is 23.1 Å². The number of aromatic hydroxyl groups is 1. The zero-order chi connectivity index (χ0) is 12.4. The largest absolute Gasteiger partial charge is 0.504 e. The number of hydrogen-bond donors (Lipinski definition) is 2. The lowest BCUT2D eigenvalue weighted by Crippen LogP contribution is -2.28. The number of phenolic OH excluding ortho intramolecular Hbond substituents is 1. The first-order valence-corrected chi connectivity index (χ1v) is 5.63. The smallest absolute Gasteiger partial charge is 0.167 e. The van der Waals surface area contributed by atoms with Crippen LogP contribution in [-0.2, 0) is 0 Å². The fraction of sp³-hybridized carbons (Fsp3) is 0.500. The van der Waals surface area contributed by atoms with Gasteiger partial charge < -0.3 is 15.2 Å². The molecule has 0 saturated carbocycles. The van der Waals surface area contributed by atoms with Crippen LogP contribution in [0, 0.1) is 11.6 Å². The van der Waals surface area contributed by atoms with Crippen molar-refractivity contribution in [2.75, 3.05) is 13.7 Å². The first kappa shape index (κ1) is 12.1. The Kier molecular flexibility index (Phi) is 3.47. The molecule has 94 valence electrons. The summed E-state index contributed by atoms with van der Waals surface area (Å²) in [5.41, 5.74) is -0.0263. The Balaban J connectivity index is 2.46. The molecule has 0 bridgehead atoms. The summed E-state index contributed by atoms with van der Waals surface area (Å²) < 4.78 is 31.9. The van der Waals surface area contributed by atoms with E-state index >= 15 is 0 Å². The maximum absolute atomic E-state index is 13.7. The fourth-order valence-electron chi connectivity index (χ4n) is 2.18. The van der Waals surface area contributed by atoms with Gasteiger partial charge in [0.1, 0.15) is 0 Å². The molecule has 1 aliphatic heterocycles. The van der Waals surface area contributed by atoms with Crippen LogP contribution >= 0.6 is 0 Å². The van der Waals surface area contributed by atoms with Crippen molar-refractivity contribution in [3.63, 3.8) is 0 Å². The molecule has 5 heteroatoms. The summed E-state index contributed by atoms with van der Waals surface area (Å²) >= 11 is 0. The molecule has 1 heterocycles. The van der Waals surface area contributed by atoms with Gasteiger partial charge in [0.2, 0.25) is 0 Å². The van der Waals surface area contributed by atoms with Crippen LogP contribution in [0.2, 0.25) is 0 Å². The van der Waals surface area contributed by atoms with Crippen LogP contribution in [-0.4, -0.2) is 18.8 Å². The predicted molar refractivity (Wildman–Crippen MR) is 59.2 cm³/mol. The molecule has 1 aromatic carbocycles. The normalized spacial score (nSPS) is 20.3. The molecular formula is C12H15F2NO2. The van der Waals surface area contributed by atoms with Gasteiger partial charge in [0.25, 0.3) is 0 Å². The highest BCUT2D eigenvalue weighted by Gasteiger charge is 2.26. The van der Waals surface area contributed by atoms with E-state index in [1.807, 2.05) is 0 Å². The van der Waals surface area contributed by atoms with Crippen molar-refractivity contribution in [1.29, 1.82) is 0 Å². The summed E-state index contributed by atoms with van der Waals surface area (Å²) in [5, 5.41) is 12.9. The Bertz CT molecular complexity index is 417. The molecule has 17 heavy (non-hydrogen) atoms. The number of methoxy groups -OCH3 is 1. The Labute approximate surface area is 98.4 Å². The molecule has 1 aliphatic rings. The molecule has 2 N–H and O–H groups in total. The zero-order valence-corrected chi connectivity index (χ0v) is 9.59. The number of hydrogen-bond acceptors (Lipinski definition) is 3. The van der Waals surface area contributed by atoms with Gasteiger partial charge in [0, 0.05) is 12.1 Å². The molecule has 1 unspecified atom stereocenters. The van der Waals surface area contributed by atoms with Gasteiger partial charge >= 0.3 is 0 Å². The van der Waals surface area contributed by atoms with E-state index in [2.05, 4.69) is 5.32 Å². The predicted octanol–water partition coefficient (Wildman–Crippen LogP) is 2.49. The SMILES string of the molecule is COc1cc(F)c(F)c(C2CCCCN2)c1O. The highest BCUT2D eigenvalue weighted by molar-refractivity contribution is 5.48. The third kappa shape index (κ3) is 2.20. The van der Waals surface area contributed by atoms with Crippen LogP contribution in [0.1, 0.15) is 30.9 Å². The van der Waals surface area contributed by atoms with E-state index < -0.39 is 11.6 Å². The summed E-state index contributed by atoms with van der Waals surface area (Å²) in [4.78, 5) is 0. The Hall–Kier alpha value is -1.36. The van der Waals surface area contributed by atoms with Gasteiger partial charge in [-0.05, 0) is 19.4 Å². The second-order valence-corrected chi connectivity index (χ2v) is 4.14. The molecular weight excluding hydrogens is 228 g/mol. The van der Waals surface area contributed by atoms with Crippen LogP contribution in [0.4, 0.5) is 8.78 Å². The first-order chi connectivity index (χ1) is 8.15. The van der Waals surface area contributed by atoms with Gasteiger partial charge in [-0.15, -0.1) is 0 Å². The van der Waals surface area contributed by atoms with Gasteiger partial charge in [0.15, 0.2) is 23.1 Å². The highest BCUT2D eigenvalue weighted by Crippen LogP contribution is 2.39. The molecule has 0 spiro atoms. The minimum atomic E-state index is -0.998. The average Bonchev–Trinajstić information content (AvgIpc) is 2.35. The standard InChI is InChI=1S/C12H15F2NO2/c1-17-9-6-7(13)11(14)10(12(9)16)8-4-2-3-5-15-8/h6,8,15-16H,2-5H2,1H3. The van der Waals surface area contributed by atoms with Gasteiger partial charge in [-0.2, -0.15) is 0 Å². The highest BCUT2D eigenvalue weighted by atomic mass is 19.2. The van der Waals surface area contributed by atoms with Crippen molar-refractivity contribution in [1.82, 2.24) is 5.32 Å². The Morgan fingerprint density at radius 2 is 2.18 bits per heavy atom. The fourth-order valence-corrected chi connectivity index (χ4v) is 2.18. The van der Waals surface area contributed by atoms with Gasteiger partial charge in [-0.1, -0.05) is 6.42 Å². The third-order valence-corrected chi connectivity index (χ3v) is 3.07. The Morgan fingerprint density at radius 3 is 2.76 bits per heavy atom. The van der Waals surface area contributed by atoms with E-state index in [0.717, 1.165) is 25.5 Å². The second-order valence-electron chi connectivity index (χ2n) is 4.14. The quantitative estimate of drug-likeness (QED) is 0.838. The number of piperidine rings is 1. The monoisotopic (exact) mass is 243 g/mol. The molecule has 1 atom stereocenters. The molecule has 2 rings (SSSR count). The van der Waals surface area contributed by atoms with E-state index in [4.69, 9.17) is 4.74 Å². The van der Waals surface area contributed by atoms with Gasteiger partial charge in [0.05, 0.1) is 12.7 Å². The van der Waals surface area contributed by atoms with Crippen molar-refractivity contribution in [3.8, 4) is 11.5 Å². The van der Waals surface area contributed by atoms with Crippen LogP contribution < -0.4 is 10.1 Å². The molecule has 0 amide bonds. The number of benzene rings is 1. The molecule has 1 fully saturated rings. The minimum Gasteiger partial charge on any atom is -0.504 e. The maximum Gasteiger partial charge on any atom is 0.167 e. The minimum absolute atomic E-state index is 0.0263. The van der Waals surface area contributed by atoms with Gasteiger partial charge in [-0.25, -0.2) is 8.78 Å². The molecule has 0 radical (unpaired) electrons. The maximum atomic E-state index is 13.7. The zero-order valence-electron chi connectivity index (χ0n) is 9.59. The second kappa shape index (κ2) is 4.87. The first-order valence-electron chi connectivity index (χ1n) is 5.63. The number of rotatable bonds is 2. The Morgan fingerprint density at radius 1 is 1.41 bits per heavy atom. The molecule has 1 saturated heterocycles. The van der Waals surface area contributed by atoms with Crippen LogP contribution in [0.15, 0.2) is 6.07 Å². The third-order valence-electron chi connectivity index (χ3n) is 3.07. The topological polar surface area (TPSA) is 41.5 Å². The van der Waals surface area contributed by atoms with Crippen molar-refractivity contribution in [2.24, 2.45) is 0 Å². The van der Waals surface area contributed by atoms with E-state index in [1.165, 1.54) is 7.11 Å². The summed E-state index contributed by atoms with van der Waals surface area (Å²) in [6.07, 6.45) is 2.61. The number of phenols is 1. The van der Waals surface area contributed by atoms with E-state index in [0.29, 0.717) is 6.42 Å². The summed E-state index contributed by atoms with van der Waals surface area (Å²) in [7, 11) is 1.31. The lowest BCUT2D eigenvalue weighted by Gasteiger charge is -2.25. The molecule has 0 aliphatic carbocycles. The summed E-state index contributed by atoms with van der Waals surface area (Å²) in [6.45, 7) is 0.738. The van der Waals surface area contributed by atoms with Crippen molar-refractivity contribution < 1.29 is 18.6 Å². The van der Waals surface area contributed by atoms with Crippen molar-refractivity contribution >= 4 is 0 Å². The lowest BCUT2D eigenvalue weighted by molar-refractivity contribution is 0.336. The van der Waals surface area contributed by atoms with Gasteiger partial charge in [-0.3, -0.25) is 0 Å². The summed E-state index contributed by atoms with van der Waals surface area (Å²) in [5.74, 6) is -2.35. The van der Waals surface area contributed by atoms with Crippen LogP contribution in [0.3, 0.4) is 0 Å². The van der Waals surface area contributed by atoms with Crippen LogP contribution in [0.25, 0.3) is 0 Å². The van der Waals surface area contributed by atoms with E-state index in [9.17, 15) is 13.9 Å². The van der Waals surface area contributed by atoms with E-state index in [1.54, 1.807) is 0 Å². The van der Waals surface area contributed by atoms with Crippen molar-refractivity contribution in [3.05, 3.63) is 23.3 Å². The lowest BCUT2D eigenvalue weighted by atomic mass is 9.96. The average molecular weight is 243 g/mol. The molecule has 3 nitrogen and oxygen atoms in total. The summed E-state index contributed by atoms with van der Waals surface area (Å²) in [6, 6.07) is 0.505. The number of ether oxygens (including phenoxy) is 1. The molecule has 0 aromatic heterocycles. The van der Waals surface area contributed by atoms with Crippen molar-refractivity contribution in [2.45, 2.75) is 25.3 Å². The molecule has 1 aromatic rings. The number of nitrogens with one attached hydrogen (secondary N) is 1. The number of halogens is 2. The van der Waals surface area contributed by atoms with Crippen LogP contribution in [0.5, 0.6) is 11.5 Å².